The Balaban J connectivity index is 2.93. The lowest BCUT2D eigenvalue weighted by atomic mass is 10.2. The normalized spacial score (nSPS) is 11.3. The van der Waals surface area contributed by atoms with E-state index >= 15 is 0 Å². The molecule has 0 aliphatic rings. The van der Waals surface area contributed by atoms with Crippen LogP contribution in [0.4, 0.5) is 0 Å². The lowest BCUT2D eigenvalue weighted by molar-refractivity contribution is 0.0793. The fourth-order valence-corrected chi connectivity index (χ4v) is 2.08. The number of carbonyl (C=O) groups excluding carboxylic acids is 1. The maximum Gasteiger partial charge on any atom is 0.253 e. The van der Waals surface area contributed by atoms with E-state index in [4.69, 9.17) is 5.14 Å². The van der Waals surface area contributed by atoms with Crippen molar-refractivity contribution in [3.05, 3.63) is 29.8 Å². The molecule has 0 spiro atoms. The van der Waals surface area contributed by atoms with Crippen LogP contribution in [-0.2, 0) is 10.0 Å². The molecule has 0 aromatic heterocycles. The predicted octanol–water partition coefficient (Wildman–Crippen LogP) is 1.21. The Bertz CT molecular complexity index is 526. The summed E-state index contributed by atoms with van der Waals surface area (Å²) in [4.78, 5) is 13.6. The van der Waals surface area contributed by atoms with Crippen LogP contribution in [0, 0.1) is 0 Å². The number of sulfonamides is 1. The number of amides is 1. The fraction of sp³-hybridized carbons (Fsp3) is 0.417. The Morgan fingerprint density at radius 1 is 1.39 bits per heavy atom. The van der Waals surface area contributed by atoms with Gasteiger partial charge in [-0.25, -0.2) is 13.6 Å². The lowest BCUT2D eigenvalue weighted by Gasteiger charge is -2.16. The third-order valence-corrected chi connectivity index (χ3v) is 3.51. The minimum Gasteiger partial charge on any atom is -0.342 e. The average Bonchev–Trinajstić information content (AvgIpc) is 2.34. The highest BCUT2D eigenvalue weighted by atomic mass is 32.2. The third kappa shape index (κ3) is 3.82. The average molecular weight is 270 g/mol. The zero-order chi connectivity index (χ0) is 13.8. The Labute approximate surface area is 108 Å². The molecule has 1 aromatic carbocycles. The molecule has 0 fully saturated rings. The summed E-state index contributed by atoms with van der Waals surface area (Å²) in [5.74, 6) is -0.200. The van der Waals surface area contributed by atoms with Gasteiger partial charge in [-0.3, -0.25) is 4.79 Å². The summed E-state index contributed by atoms with van der Waals surface area (Å²) >= 11 is 0. The molecule has 1 amide bonds. The molecule has 0 atom stereocenters. The molecule has 0 radical (unpaired) electrons. The molecule has 0 aliphatic carbocycles. The minimum absolute atomic E-state index is 0.0442. The van der Waals surface area contributed by atoms with Crippen LogP contribution in [0.3, 0.4) is 0 Å². The third-order valence-electron chi connectivity index (χ3n) is 2.60. The van der Waals surface area contributed by atoms with Gasteiger partial charge in [-0.05, 0) is 24.6 Å². The van der Waals surface area contributed by atoms with E-state index in [1.807, 2.05) is 6.92 Å². The molecule has 100 valence electrons. The van der Waals surface area contributed by atoms with E-state index in [9.17, 15) is 13.2 Å². The second-order valence-electron chi connectivity index (χ2n) is 4.15. The van der Waals surface area contributed by atoms with Crippen molar-refractivity contribution in [1.29, 1.82) is 0 Å². The topological polar surface area (TPSA) is 80.5 Å². The smallest absolute Gasteiger partial charge is 0.253 e. The van der Waals surface area contributed by atoms with Gasteiger partial charge in [0, 0.05) is 19.2 Å². The van der Waals surface area contributed by atoms with Gasteiger partial charge in [-0.2, -0.15) is 0 Å². The quantitative estimate of drug-likeness (QED) is 0.873. The lowest BCUT2D eigenvalue weighted by Crippen LogP contribution is -2.28. The summed E-state index contributed by atoms with van der Waals surface area (Å²) in [6.07, 6.45) is 1.91. The Kier molecular flexibility index (Phi) is 4.86. The van der Waals surface area contributed by atoms with Crippen molar-refractivity contribution in [3.8, 4) is 0 Å². The van der Waals surface area contributed by atoms with E-state index in [1.54, 1.807) is 18.0 Å². The molecule has 1 rings (SSSR count). The van der Waals surface area contributed by atoms with Gasteiger partial charge >= 0.3 is 0 Å². The second kappa shape index (κ2) is 5.97. The molecule has 6 heteroatoms. The van der Waals surface area contributed by atoms with E-state index < -0.39 is 10.0 Å². The first kappa shape index (κ1) is 14.7. The minimum atomic E-state index is -3.77. The van der Waals surface area contributed by atoms with Gasteiger partial charge in [0.2, 0.25) is 10.0 Å². The molecule has 0 bridgehead atoms. The molecule has 5 nitrogen and oxygen atoms in total. The van der Waals surface area contributed by atoms with E-state index in [0.717, 1.165) is 12.8 Å². The second-order valence-corrected chi connectivity index (χ2v) is 5.71. The van der Waals surface area contributed by atoms with Crippen LogP contribution in [0.2, 0.25) is 0 Å². The predicted molar refractivity (Wildman–Crippen MR) is 69.7 cm³/mol. The molecule has 0 aliphatic heterocycles. The zero-order valence-electron chi connectivity index (χ0n) is 10.6. The summed E-state index contributed by atoms with van der Waals surface area (Å²) in [7, 11) is -2.08. The number of primary sulfonamides is 1. The highest BCUT2D eigenvalue weighted by molar-refractivity contribution is 7.89. The number of carbonyl (C=O) groups is 1. The maximum absolute atomic E-state index is 12.0. The van der Waals surface area contributed by atoms with Crippen LogP contribution in [0.5, 0.6) is 0 Å². The molecule has 18 heavy (non-hydrogen) atoms. The van der Waals surface area contributed by atoms with Crippen molar-refractivity contribution in [3.63, 3.8) is 0 Å². The molecule has 0 heterocycles. The summed E-state index contributed by atoms with van der Waals surface area (Å²) in [5.41, 5.74) is 0.333. The first-order valence-corrected chi connectivity index (χ1v) is 7.29. The van der Waals surface area contributed by atoms with Crippen molar-refractivity contribution in [2.24, 2.45) is 5.14 Å². The van der Waals surface area contributed by atoms with Gasteiger partial charge in [-0.1, -0.05) is 19.4 Å². The summed E-state index contributed by atoms with van der Waals surface area (Å²) < 4.78 is 22.4. The van der Waals surface area contributed by atoms with Crippen molar-refractivity contribution in [2.75, 3.05) is 13.6 Å². The standard InChI is InChI=1S/C12H18N2O3S/c1-3-4-8-14(2)12(15)10-6-5-7-11(9-10)18(13,16)17/h5-7,9H,3-4,8H2,1-2H3,(H2,13,16,17). The van der Waals surface area contributed by atoms with Gasteiger partial charge < -0.3 is 4.90 Å². The number of nitrogens with two attached hydrogens (primary N) is 1. The zero-order valence-corrected chi connectivity index (χ0v) is 11.4. The van der Waals surface area contributed by atoms with Crippen LogP contribution in [-0.4, -0.2) is 32.8 Å². The number of rotatable bonds is 5. The summed E-state index contributed by atoms with van der Waals surface area (Å²) in [5, 5.41) is 5.03. The highest BCUT2D eigenvalue weighted by Crippen LogP contribution is 2.11. The van der Waals surface area contributed by atoms with Gasteiger partial charge in [0.1, 0.15) is 0 Å². The SMILES string of the molecule is CCCCN(C)C(=O)c1cccc(S(N)(=O)=O)c1. The first-order chi connectivity index (χ1) is 8.36. The fourth-order valence-electron chi connectivity index (χ4n) is 1.52. The van der Waals surface area contributed by atoms with E-state index in [0.29, 0.717) is 12.1 Å². The molecule has 0 unspecified atom stereocenters. The Hall–Kier alpha value is -1.40. The monoisotopic (exact) mass is 270 g/mol. The van der Waals surface area contributed by atoms with Crippen LogP contribution < -0.4 is 5.14 Å². The Morgan fingerprint density at radius 3 is 2.61 bits per heavy atom. The number of benzene rings is 1. The van der Waals surface area contributed by atoms with E-state index in [2.05, 4.69) is 0 Å². The van der Waals surface area contributed by atoms with Crippen molar-refractivity contribution in [1.82, 2.24) is 4.90 Å². The highest BCUT2D eigenvalue weighted by Gasteiger charge is 2.14. The largest absolute Gasteiger partial charge is 0.342 e. The maximum atomic E-state index is 12.0. The number of hydrogen-bond donors (Lipinski definition) is 1. The van der Waals surface area contributed by atoms with Crippen LogP contribution in [0.15, 0.2) is 29.2 Å². The first-order valence-electron chi connectivity index (χ1n) is 5.74. The molecular formula is C12H18N2O3S. The molecular weight excluding hydrogens is 252 g/mol. The van der Waals surface area contributed by atoms with Crippen LogP contribution in [0.1, 0.15) is 30.1 Å². The van der Waals surface area contributed by atoms with E-state index in [-0.39, 0.29) is 10.8 Å². The molecule has 2 N–H and O–H groups in total. The summed E-state index contributed by atoms with van der Waals surface area (Å²) in [6, 6.07) is 5.78. The summed E-state index contributed by atoms with van der Waals surface area (Å²) in [6.45, 7) is 2.69. The van der Waals surface area contributed by atoms with Crippen molar-refractivity contribution in [2.45, 2.75) is 24.7 Å². The van der Waals surface area contributed by atoms with Crippen molar-refractivity contribution >= 4 is 15.9 Å². The molecule has 0 saturated carbocycles. The van der Waals surface area contributed by atoms with Crippen LogP contribution >= 0.6 is 0 Å². The Morgan fingerprint density at radius 2 is 2.06 bits per heavy atom. The van der Waals surface area contributed by atoms with Gasteiger partial charge in [0.25, 0.3) is 5.91 Å². The number of hydrogen-bond acceptors (Lipinski definition) is 3. The van der Waals surface area contributed by atoms with Gasteiger partial charge in [0.15, 0.2) is 0 Å². The van der Waals surface area contributed by atoms with Crippen molar-refractivity contribution < 1.29 is 13.2 Å². The number of unbranched alkanes of at least 4 members (excludes halogenated alkanes) is 1. The molecule has 0 saturated heterocycles. The van der Waals surface area contributed by atoms with Gasteiger partial charge in [0.05, 0.1) is 4.90 Å². The van der Waals surface area contributed by atoms with E-state index in [1.165, 1.54) is 18.2 Å². The molecule has 1 aromatic rings. The van der Waals surface area contributed by atoms with Crippen LogP contribution in [0.25, 0.3) is 0 Å². The van der Waals surface area contributed by atoms with Gasteiger partial charge in [-0.15, -0.1) is 0 Å². The number of nitrogens with zero attached hydrogens (tertiary/aromatic N) is 1.